The highest BCUT2D eigenvalue weighted by atomic mass is 32.2. The molecule has 0 radical (unpaired) electrons. The van der Waals surface area contributed by atoms with Gasteiger partial charge in [0, 0.05) is 22.9 Å². The molecular formula is C27H24N2O5S. The summed E-state index contributed by atoms with van der Waals surface area (Å²) in [5.41, 5.74) is 5.93. The zero-order valence-corrected chi connectivity index (χ0v) is 19.9. The van der Waals surface area contributed by atoms with Crippen LogP contribution in [0.3, 0.4) is 0 Å². The summed E-state index contributed by atoms with van der Waals surface area (Å²) in [5, 5.41) is 12.2. The van der Waals surface area contributed by atoms with Crippen LogP contribution >= 0.6 is 11.8 Å². The number of fused-ring (bicyclic) bond motifs is 3. The lowest BCUT2D eigenvalue weighted by Gasteiger charge is -2.22. The van der Waals surface area contributed by atoms with Crippen LogP contribution in [0.2, 0.25) is 0 Å². The van der Waals surface area contributed by atoms with Crippen LogP contribution in [0, 0.1) is 6.92 Å². The van der Waals surface area contributed by atoms with E-state index in [4.69, 9.17) is 4.74 Å². The maximum atomic E-state index is 13.1. The molecule has 1 aliphatic heterocycles. The lowest BCUT2D eigenvalue weighted by atomic mass is 9.98. The lowest BCUT2D eigenvalue weighted by molar-refractivity contribution is -0.140. The minimum atomic E-state index is -1.02. The van der Waals surface area contributed by atoms with Crippen molar-refractivity contribution >= 4 is 35.4 Å². The minimum Gasteiger partial charge on any atom is -0.480 e. The Morgan fingerprint density at radius 1 is 1.00 bits per heavy atom. The van der Waals surface area contributed by atoms with E-state index in [0.717, 1.165) is 22.3 Å². The quantitative estimate of drug-likeness (QED) is 0.527. The topological polar surface area (TPSA) is 95.9 Å². The number of amides is 2. The van der Waals surface area contributed by atoms with Crippen LogP contribution in [0.4, 0.5) is 10.5 Å². The third kappa shape index (κ3) is 4.25. The summed E-state index contributed by atoms with van der Waals surface area (Å²) >= 11 is 1.41. The smallest absolute Gasteiger partial charge is 0.411 e. The van der Waals surface area contributed by atoms with Crippen molar-refractivity contribution in [3.8, 4) is 11.1 Å². The molecule has 0 unspecified atom stereocenters. The third-order valence-corrected chi connectivity index (χ3v) is 7.59. The number of carbonyl (C=O) groups excluding carboxylic acids is 2. The summed E-state index contributed by atoms with van der Waals surface area (Å²) < 4.78 is 5.62. The van der Waals surface area contributed by atoms with E-state index >= 15 is 0 Å². The predicted molar refractivity (Wildman–Crippen MR) is 135 cm³/mol. The number of hydrogen-bond acceptors (Lipinski definition) is 5. The normalized spacial score (nSPS) is 16.5. The van der Waals surface area contributed by atoms with E-state index in [1.165, 1.54) is 16.7 Å². The number of carbonyl (C=O) groups is 3. The van der Waals surface area contributed by atoms with Crippen molar-refractivity contribution in [2.75, 3.05) is 23.6 Å². The molecule has 5 rings (SSSR count). The van der Waals surface area contributed by atoms with Crippen LogP contribution in [0.5, 0.6) is 0 Å². The first-order chi connectivity index (χ1) is 17.0. The van der Waals surface area contributed by atoms with Crippen molar-refractivity contribution in [2.24, 2.45) is 0 Å². The van der Waals surface area contributed by atoms with Crippen molar-refractivity contribution in [2.45, 2.75) is 18.9 Å². The summed E-state index contributed by atoms with van der Waals surface area (Å²) in [7, 11) is 0. The number of rotatable bonds is 5. The zero-order valence-electron chi connectivity index (χ0n) is 19.1. The minimum absolute atomic E-state index is 0.0530. The number of nitrogens with one attached hydrogen (secondary N) is 1. The van der Waals surface area contributed by atoms with Gasteiger partial charge in [0.25, 0.3) is 5.91 Å². The van der Waals surface area contributed by atoms with Gasteiger partial charge in [-0.05, 0) is 46.9 Å². The van der Waals surface area contributed by atoms with E-state index in [0.29, 0.717) is 28.4 Å². The number of nitrogens with zero attached hydrogens (tertiary/aromatic N) is 1. The molecule has 3 aromatic carbocycles. The molecule has 1 aliphatic carbocycles. The summed E-state index contributed by atoms with van der Waals surface area (Å²) in [6, 6.07) is 20.4. The maximum Gasteiger partial charge on any atom is 0.411 e. The van der Waals surface area contributed by atoms with Crippen molar-refractivity contribution in [3.05, 3.63) is 89.0 Å². The summed E-state index contributed by atoms with van der Waals surface area (Å²) in [5.74, 6) is -0.760. The molecule has 1 heterocycles. The average Bonchev–Trinajstić information content (AvgIpc) is 3.47. The van der Waals surface area contributed by atoms with Crippen LogP contribution in [-0.4, -0.2) is 52.3 Å². The van der Waals surface area contributed by atoms with Gasteiger partial charge >= 0.3 is 12.1 Å². The molecule has 2 N–H and O–H groups in total. The highest BCUT2D eigenvalue weighted by Gasteiger charge is 2.36. The molecule has 178 valence electrons. The number of ether oxygens (including phenoxy) is 1. The Bertz CT molecular complexity index is 1280. The van der Waals surface area contributed by atoms with Crippen molar-refractivity contribution in [1.82, 2.24) is 4.90 Å². The summed E-state index contributed by atoms with van der Waals surface area (Å²) in [6.45, 7) is 1.91. The molecule has 7 nitrogen and oxygen atoms in total. The van der Waals surface area contributed by atoms with Gasteiger partial charge < -0.3 is 14.7 Å². The van der Waals surface area contributed by atoms with Gasteiger partial charge in [0.2, 0.25) is 0 Å². The number of carboxylic acid groups (broad SMARTS) is 1. The number of thioether (sulfide) groups is 1. The van der Waals surface area contributed by atoms with Crippen LogP contribution in [-0.2, 0) is 9.53 Å². The van der Waals surface area contributed by atoms with Crippen LogP contribution in [0.25, 0.3) is 11.1 Å². The van der Waals surface area contributed by atoms with E-state index in [9.17, 15) is 19.5 Å². The molecule has 2 amide bonds. The monoisotopic (exact) mass is 488 g/mol. The van der Waals surface area contributed by atoms with Crippen molar-refractivity contribution in [3.63, 3.8) is 0 Å². The number of hydrogen-bond donors (Lipinski definition) is 2. The van der Waals surface area contributed by atoms with Gasteiger partial charge in [0.1, 0.15) is 12.6 Å². The average molecular weight is 489 g/mol. The Morgan fingerprint density at radius 3 is 2.31 bits per heavy atom. The van der Waals surface area contributed by atoms with Crippen molar-refractivity contribution < 1.29 is 24.2 Å². The lowest BCUT2D eigenvalue weighted by Crippen LogP contribution is -2.42. The molecule has 1 fully saturated rings. The first-order valence-electron chi connectivity index (χ1n) is 11.3. The molecule has 1 atom stereocenters. The highest BCUT2D eigenvalue weighted by Crippen LogP contribution is 2.44. The van der Waals surface area contributed by atoms with E-state index in [1.807, 2.05) is 24.3 Å². The van der Waals surface area contributed by atoms with E-state index in [2.05, 4.69) is 29.6 Å². The Labute approximate surface area is 207 Å². The van der Waals surface area contributed by atoms with Gasteiger partial charge in [-0.2, -0.15) is 0 Å². The van der Waals surface area contributed by atoms with Gasteiger partial charge in [-0.3, -0.25) is 10.1 Å². The first kappa shape index (κ1) is 23.0. The second kappa shape index (κ2) is 9.46. The standard InChI is InChI=1S/C27H24N2O5S/c1-16-17(25(30)29-15-35-14-24(29)26(31)32)11-6-12-23(16)28-27(33)34-13-22-20-9-4-2-7-18(20)19-8-3-5-10-21(19)22/h2-12,22,24H,13-15H2,1H3,(H,28,33)(H,31,32)/t24-/m0/s1. The van der Waals surface area contributed by atoms with E-state index in [-0.39, 0.29) is 18.4 Å². The molecule has 2 aliphatic rings. The second-order valence-electron chi connectivity index (χ2n) is 8.56. The molecule has 0 saturated carbocycles. The molecule has 3 aromatic rings. The highest BCUT2D eigenvalue weighted by molar-refractivity contribution is 7.99. The predicted octanol–water partition coefficient (Wildman–Crippen LogP) is 4.96. The van der Waals surface area contributed by atoms with Crippen LogP contribution < -0.4 is 5.32 Å². The first-order valence-corrected chi connectivity index (χ1v) is 12.4. The number of anilines is 1. The second-order valence-corrected chi connectivity index (χ2v) is 9.56. The van der Waals surface area contributed by atoms with Gasteiger partial charge in [-0.25, -0.2) is 9.59 Å². The van der Waals surface area contributed by atoms with Crippen LogP contribution in [0.1, 0.15) is 33.0 Å². The van der Waals surface area contributed by atoms with Crippen molar-refractivity contribution in [1.29, 1.82) is 0 Å². The third-order valence-electron chi connectivity index (χ3n) is 6.57. The van der Waals surface area contributed by atoms with Gasteiger partial charge in [-0.1, -0.05) is 54.6 Å². The molecule has 0 aromatic heterocycles. The van der Waals surface area contributed by atoms with Gasteiger partial charge in [0.15, 0.2) is 0 Å². The SMILES string of the molecule is Cc1c(NC(=O)OCC2c3ccccc3-c3ccccc32)cccc1C(=O)N1CSC[C@H]1C(=O)O. The fourth-order valence-corrected chi connectivity index (χ4v) is 5.89. The molecule has 8 heteroatoms. The Balaban J connectivity index is 1.29. The molecule has 1 saturated heterocycles. The number of carboxylic acids is 1. The molecular weight excluding hydrogens is 464 g/mol. The number of benzene rings is 3. The van der Waals surface area contributed by atoms with Crippen LogP contribution in [0.15, 0.2) is 66.7 Å². The molecule has 0 spiro atoms. The summed E-state index contributed by atoms with van der Waals surface area (Å²) in [6.07, 6.45) is -0.611. The van der Waals surface area contributed by atoms with E-state index in [1.54, 1.807) is 25.1 Å². The zero-order chi connectivity index (χ0) is 24.5. The van der Waals surface area contributed by atoms with Gasteiger partial charge in [-0.15, -0.1) is 11.8 Å². The fraction of sp³-hybridized carbons (Fsp3) is 0.222. The molecule has 0 bridgehead atoms. The Hall–Kier alpha value is -3.78. The number of aliphatic carboxylic acids is 1. The fourth-order valence-electron chi connectivity index (χ4n) is 4.75. The Morgan fingerprint density at radius 2 is 1.66 bits per heavy atom. The molecule has 35 heavy (non-hydrogen) atoms. The largest absolute Gasteiger partial charge is 0.480 e. The maximum absolute atomic E-state index is 13.1. The van der Waals surface area contributed by atoms with E-state index < -0.39 is 18.1 Å². The van der Waals surface area contributed by atoms with Gasteiger partial charge in [0.05, 0.1) is 5.88 Å². The summed E-state index contributed by atoms with van der Waals surface area (Å²) in [4.78, 5) is 38.6. The Kier molecular flexibility index (Phi) is 6.21.